The smallest absolute Gasteiger partial charge is 0.257 e. The van der Waals surface area contributed by atoms with Gasteiger partial charge in [-0.05, 0) is 60.6 Å². The Morgan fingerprint density at radius 1 is 1.04 bits per heavy atom. The standard InChI is InChI=1S/C19H20ClN3O3S/c1-2-11-26-16-9-5-14(6-10-16)18(25)21-19(27)23-22-17(24)12-13-3-7-15(20)8-4-13/h3-10H,2,11-12H2,1H3,(H,22,24)(H2,21,23,25,27). The molecule has 0 aliphatic heterocycles. The molecule has 6 nitrogen and oxygen atoms in total. The first-order valence-corrected chi connectivity index (χ1v) is 9.14. The Morgan fingerprint density at radius 2 is 1.70 bits per heavy atom. The Balaban J connectivity index is 1.76. The fraction of sp³-hybridized carbons (Fsp3) is 0.211. The quantitative estimate of drug-likeness (QED) is 0.508. The van der Waals surface area contributed by atoms with E-state index in [1.165, 1.54) is 0 Å². The maximum absolute atomic E-state index is 12.1. The van der Waals surface area contributed by atoms with Gasteiger partial charge in [-0.3, -0.25) is 25.8 Å². The molecular weight excluding hydrogens is 386 g/mol. The number of carbonyl (C=O) groups excluding carboxylic acids is 2. The van der Waals surface area contributed by atoms with Crippen LogP contribution >= 0.6 is 23.8 Å². The fourth-order valence-corrected chi connectivity index (χ4v) is 2.36. The van der Waals surface area contributed by atoms with Crippen LogP contribution < -0.4 is 20.9 Å². The highest BCUT2D eigenvalue weighted by molar-refractivity contribution is 7.80. The van der Waals surface area contributed by atoms with Crippen LogP contribution in [-0.2, 0) is 11.2 Å². The summed E-state index contributed by atoms with van der Waals surface area (Å²) < 4.78 is 5.47. The minimum Gasteiger partial charge on any atom is -0.494 e. The average Bonchev–Trinajstić information content (AvgIpc) is 2.67. The van der Waals surface area contributed by atoms with Gasteiger partial charge in [0.15, 0.2) is 5.11 Å². The average molecular weight is 406 g/mol. The summed E-state index contributed by atoms with van der Waals surface area (Å²) in [4.78, 5) is 24.0. The Hall–Kier alpha value is -2.64. The second kappa shape index (κ2) is 10.5. The number of nitrogens with one attached hydrogen (secondary N) is 3. The molecule has 2 rings (SSSR count). The van der Waals surface area contributed by atoms with E-state index in [1.807, 2.05) is 6.92 Å². The van der Waals surface area contributed by atoms with Crippen molar-refractivity contribution in [2.75, 3.05) is 6.61 Å². The van der Waals surface area contributed by atoms with Crippen LogP contribution in [0.15, 0.2) is 48.5 Å². The highest BCUT2D eigenvalue weighted by atomic mass is 35.5. The second-order valence-corrected chi connectivity index (χ2v) is 6.48. The molecule has 0 radical (unpaired) electrons. The zero-order chi connectivity index (χ0) is 19.6. The predicted octanol–water partition coefficient (Wildman–Crippen LogP) is 3.01. The fourth-order valence-electron chi connectivity index (χ4n) is 2.09. The van der Waals surface area contributed by atoms with Crippen molar-refractivity contribution in [3.05, 3.63) is 64.7 Å². The van der Waals surface area contributed by atoms with E-state index < -0.39 is 0 Å². The van der Waals surface area contributed by atoms with Gasteiger partial charge in [-0.15, -0.1) is 0 Å². The van der Waals surface area contributed by atoms with Gasteiger partial charge < -0.3 is 4.74 Å². The number of hydrazine groups is 1. The van der Waals surface area contributed by atoms with Crippen LogP contribution in [0.2, 0.25) is 5.02 Å². The molecule has 0 aliphatic carbocycles. The zero-order valence-electron chi connectivity index (χ0n) is 14.8. The zero-order valence-corrected chi connectivity index (χ0v) is 16.3. The predicted molar refractivity (Wildman–Crippen MR) is 109 cm³/mol. The van der Waals surface area contributed by atoms with Crippen LogP contribution in [0.3, 0.4) is 0 Å². The first-order valence-electron chi connectivity index (χ1n) is 8.35. The summed E-state index contributed by atoms with van der Waals surface area (Å²) in [6.45, 7) is 2.64. The normalized spacial score (nSPS) is 10.0. The molecule has 27 heavy (non-hydrogen) atoms. The maximum Gasteiger partial charge on any atom is 0.257 e. The van der Waals surface area contributed by atoms with E-state index in [-0.39, 0.29) is 23.3 Å². The van der Waals surface area contributed by atoms with Crippen molar-refractivity contribution in [3.63, 3.8) is 0 Å². The van der Waals surface area contributed by atoms with E-state index in [2.05, 4.69) is 16.2 Å². The van der Waals surface area contributed by atoms with Crippen molar-refractivity contribution in [1.82, 2.24) is 16.2 Å². The molecule has 0 spiro atoms. The van der Waals surface area contributed by atoms with E-state index in [0.717, 1.165) is 12.0 Å². The van der Waals surface area contributed by atoms with Crippen LogP contribution in [0.4, 0.5) is 0 Å². The molecule has 142 valence electrons. The molecule has 2 aromatic rings. The summed E-state index contributed by atoms with van der Waals surface area (Å²) >= 11 is 10.8. The van der Waals surface area contributed by atoms with Gasteiger partial charge in [0, 0.05) is 10.6 Å². The molecule has 0 unspecified atom stereocenters. The summed E-state index contributed by atoms with van der Waals surface area (Å²) in [5, 5.41) is 3.09. The maximum atomic E-state index is 12.1. The molecule has 0 aliphatic rings. The minimum atomic E-state index is -0.388. The van der Waals surface area contributed by atoms with E-state index in [4.69, 9.17) is 28.6 Å². The molecule has 8 heteroatoms. The third kappa shape index (κ3) is 7.24. The number of halogens is 1. The molecule has 0 saturated heterocycles. The van der Waals surface area contributed by atoms with Crippen LogP contribution in [-0.4, -0.2) is 23.5 Å². The summed E-state index contributed by atoms with van der Waals surface area (Å²) in [6.07, 6.45) is 1.06. The van der Waals surface area contributed by atoms with E-state index >= 15 is 0 Å². The number of ether oxygens (including phenoxy) is 1. The van der Waals surface area contributed by atoms with Crippen LogP contribution in [0.1, 0.15) is 29.3 Å². The number of carbonyl (C=O) groups is 2. The molecule has 0 saturated carbocycles. The lowest BCUT2D eigenvalue weighted by Crippen LogP contribution is -2.48. The van der Waals surface area contributed by atoms with Gasteiger partial charge in [0.05, 0.1) is 13.0 Å². The Labute approximate surface area is 168 Å². The van der Waals surface area contributed by atoms with Crippen LogP contribution in [0.25, 0.3) is 0 Å². The van der Waals surface area contributed by atoms with Crippen LogP contribution in [0.5, 0.6) is 5.75 Å². The van der Waals surface area contributed by atoms with Gasteiger partial charge >= 0.3 is 0 Å². The molecule has 0 atom stereocenters. The summed E-state index contributed by atoms with van der Waals surface area (Å²) in [7, 11) is 0. The number of benzene rings is 2. The van der Waals surface area contributed by atoms with Gasteiger partial charge in [0.1, 0.15) is 5.75 Å². The molecule has 0 bridgehead atoms. The molecule has 2 amide bonds. The third-order valence-electron chi connectivity index (χ3n) is 3.41. The highest BCUT2D eigenvalue weighted by Gasteiger charge is 2.09. The Bertz CT molecular complexity index is 795. The van der Waals surface area contributed by atoms with E-state index in [0.29, 0.717) is 22.9 Å². The number of amides is 2. The van der Waals surface area contributed by atoms with Crippen molar-refractivity contribution >= 4 is 40.7 Å². The largest absolute Gasteiger partial charge is 0.494 e. The number of thiocarbonyl (C=S) groups is 1. The van der Waals surface area contributed by atoms with Gasteiger partial charge in [-0.25, -0.2) is 0 Å². The number of hydrogen-bond acceptors (Lipinski definition) is 4. The number of hydrogen-bond donors (Lipinski definition) is 3. The second-order valence-electron chi connectivity index (χ2n) is 5.63. The Morgan fingerprint density at radius 3 is 2.33 bits per heavy atom. The first kappa shape index (κ1) is 20.7. The lowest BCUT2D eigenvalue weighted by Gasteiger charge is -2.11. The molecule has 0 heterocycles. The van der Waals surface area contributed by atoms with Crippen molar-refractivity contribution < 1.29 is 14.3 Å². The summed E-state index contributed by atoms with van der Waals surface area (Å²) in [6, 6.07) is 13.7. The third-order valence-corrected chi connectivity index (χ3v) is 3.87. The Kier molecular flexibility index (Phi) is 8.03. The molecule has 2 aromatic carbocycles. The van der Waals surface area contributed by atoms with Gasteiger partial charge in [0.2, 0.25) is 5.91 Å². The lowest BCUT2D eigenvalue weighted by molar-refractivity contribution is -0.121. The SMILES string of the molecule is CCCOc1ccc(C(=O)NC(=S)NNC(=O)Cc2ccc(Cl)cc2)cc1. The highest BCUT2D eigenvalue weighted by Crippen LogP contribution is 2.12. The molecular formula is C19H20ClN3O3S. The van der Waals surface area contributed by atoms with Gasteiger partial charge in [0.25, 0.3) is 5.91 Å². The molecule has 0 fully saturated rings. The van der Waals surface area contributed by atoms with E-state index in [9.17, 15) is 9.59 Å². The lowest BCUT2D eigenvalue weighted by atomic mass is 10.1. The summed E-state index contributed by atoms with van der Waals surface area (Å²) in [5.74, 6) is 0.0106. The van der Waals surface area contributed by atoms with Crippen molar-refractivity contribution in [2.24, 2.45) is 0 Å². The monoisotopic (exact) mass is 405 g/mol. The minimum absolute atomic E-state index is 0.00392. The van der Waals surface area contributed by atoms with Crippen molar-refractivity contribution in [3.8, 4) is 5.75 Å². The summed E-state index contributed by atoms with van der Waals surface area (Å²) in [5.41, 5.74) is 6.17. The van der Waals surface area contributed by atoms with E-state index in [1.54, 1.807) is 48.5 Å². The van der Waals surface area contributed by atoms with Crippen molar-refractivity contribution in [2.45, 2.75) is 19.8 Å². The molecule has 0 aromatic heterocycles. The van der Waals surface area contributed by atoms with Gasteiger partial charge in [-0.2, -0.15) is 0 Å². The topological polar surface area (TPSA) is 79.5 Å². The first-order chi connectivity index (χ1) is 13.0. The number of rotatable bonds is 6. The van der Waals surface area contributed by atoms with Crippen LogP contribution in [0, 0.1) is 0 Å². The molecule has 3 N–H and O–H groups in total. The van der Waals surface area contributed by atoms with Gasteiger partial charge in [-0.1, -0.05) is 30.7 Å². The van der Waals surface area contributed by atoms with Crippen molar-refractivity contribution in [1.29, 1.82) is 0 Å².